The van der Waals surface area contributed by atoms with Gasteiger partial charge in [0.1, 0.15) is 27.2 Å². The predicted molar refractivity (Wildman–Crippen MR) is 122 cm³/mol. The number of nitrogens with one attached hydrogen (secondary N) is 1. The van der Waals surface area contributed by atoms with Gasteiger partial charge in [0, 0.05) is 29.2 Å². The van der Waals surface area contributed by atoms with Crippen LogP contribution >= 0.6 is 0 Å². The van der Waals surface area contributed by atoms with Gasteiger partial charge in [-0.15, -0.1) is 4.36 Å². The summed E-state index contributed by atoms with van der Waals surface area (Å²) in [6, 6.07) is 1.59. The Morgan fingerprint density at radius 1 is 1.35 bits per heavy atom. The zero-order valence-electron chi connectivity index (χ0n) is 18.5. The van der Waals surface area contributed by atoms with E-state index in [1.54, 1.807) is 16.9 Å². The van der Waals surface area contributed by atoms with Crippen molar-refractivity contribution in [3.05, 3.63) is 53.5 Å². The third-order valence-corrected chi connectivity index (χ3v) is 7.54. The summed E-state index contributed by atoms with van der Waals surface area (Å²) in [6.07, 6.45) is 7.73. The van der Waals surface area contributed by atoms with Gasteiger partial charge >= 0.3 is 0 Å². The van der Waals surface area contributed by atoms with Crippen LogP contribution in [0.15, 0.2) is 40.1 Å². The van der Waals surface area contributed by atoms with Crippen LogP contribution in [-0.2, 0) is 40.5 Å². The molecule has 3 aromatic heterocycles. The van der Waals surface area contributed by atoms with E-state index in [-0.39, 0.29) is 23.2 Å². The first-order valence-electron chi connectivity index (χ1n) is 10.9. The maximum absolute atomic E-state index is 14.5. The maximum Gasteiger partial charge on any atom is 0.259 e. The summed E-state index contributed by atoms with van der Waals surface area (Å²) in [5.74, 6) is -0.939. The van der Waals surface area contributed by atoms with E-state index in [2.05, 4.69) is 24.7 Å². The number of ether oxygens (including phenoxy) is 1. The molecule has 0 bridgehead atoms. The largest absolute Gasteiger partial charge is 0.475 e. The molecule has 34 heavy (non-hydrogen) atoms. The molecule has 1 aliphatic carbocycles. The minimum Gasteiger partial charge on any atom is -0.475 e. The highest BCUT2D eigenvalue weighted by Crippen LogP contribution is 2.34. The molecule has 2 atom stereocenters. The van der Waals surface area contributed by atoms with E-state index >= 15 is 0 Å². The number of aryl methyl sites for hydroxylation is 1. The van der Waals surface area contributed by atoms with Crippen molar-refractivity contribution in [3.63, 3.8) is 0 Å². The van der Waals surface area contributed by atoms with E-state index in [9.17, 15) is 13.4 Å². The van der Waals surface area contributed by atoms with E-state index in [1.165, 1.54) is 12.4 Å². The third kappa shape index (κ3) is 4.08. The average molecular weight is 486 g/mol. The number of carbonyl (C=O) groups excluding carboxylic acids is 1. The molecule has 3 aromatic rings. The quantitative estimate of drug-likeness (QED) is 0.557. The first-order valence-corrected chi connectivity index (χ1v) is 12.5. The summed E-state index contributed by atoms with van der Waals surface area (Å²) >= 11 is 0. The monoisotopic (exact) mass is 485 g/mol. The highest BCUT2D eigenvalue weighted by atomic mass is 32.2. The Morgan fingerprint density at radius 2 is 2.21 bits per heavy atom. The lowest BCUT2D eigenvalue weighted by atomic mass is 9.94. The summed E-state index contributed by atoms with van der Waals surface area (Å²) in [6.45, 7) is 0.863. The van der Waals surface area contributed by atoms with Crippen molar-refractivity contribution in [2.45, 2.75) is 43.2 Å². The highest BCUT2D eigenvalue weighted by molar-refractivity contribution is 7.91. The first-order chi connectivity index (χ1) is 16.4. The van der Waals surface area contributed by atoms with Gasteiger partial charge in [-0.2, -0.15) is 5.10 Å². The van der Waals surface area contributed by atoms with Crippen LogP contribution in [0.2, 0.25) is 0 Å². The second-order valence-electron chi connectivity index (χ2n) is 8.31. The number of likely N-dealkylation sites (N-methyl/N-ethyl adjacent to an activating group) is 1. The minimum atomic E-state index is -3.60. The summed E-state index contributed by atoms with van der Waals surface area (Å²) < 4.78 is 38.9. The molecule has 2 aliphatic rings. The molecule has 12 heteroatoms. The van der Waals surface area contributed by atoms with Crippen LogP contribution in [-0.4, -0.2) is 49.6 Å². The van der Waals surface area contributed by atoms with E-state index in [0.29, 0.717) is 29.8 Å². The van der Waals surface area contributed by atoms with Crippen molar-refractivity contribution in [3.8, 4) is 17.0 Å². The predicted octanol–water partition coefficient (Wildman–Crippen LogP) is 1.42. The van der Waals surface area contributed by atoms with Crippen molar-refractivity contribution >= 4 is 15.8 Å². The third-order valence-electron chi connectivity index (χ3n) is 6.15. The molecule has 10 nitrogen and oxygen atoms in total. The van der Waals surface area contributed by atoms with Crippen LogP contribution in [0.25, 0.3) is 11.1 Å². The van der Waals surface area contributed by atoms with Crippen LogP contribution in [0.5, 0.6) is 5.88 Å². The van der Waals surface area contributed by atoms with E-state index in [4.69, 9.17) is 9.88 Å². The van der Waals surface area contributed by atoms with Gasteiger partial charge in [-0.1, -0.05) is 0 Å². The molecule has 178 valence electrons. The Balaban J connectivity index is 1.50. The molecule has 3 N–H and O–H groups in total. The molecular weight excluding hydrogens is 461 g/mol. The van der Waals surface area contributed by atoms with Gasteiger partial charge in [0.05, 0.1) is 31.4 Å². The number of nitrogens with zero attached hydrogens (tertiary/aromatic N) is 5. The van der Waals surface area contributed by atoms with Gasteiger partial charge in [-0.3, -0.25) is 14.8 Å². The summed E-state index contributed by atoms with van der Waals surface area (Å²) in [4.78, 5) is 21.4. The fraction of sp³-hybridized carbons (Fsp3) is 0.364. The Labute approximate surface area is 196 Å². The fourth-order valence-corrected chi connectivity index (χ4v) is 5.52. The molecule has 5 rings (SSSR count). The lowest BCUT2D eigenvalue weighted by Gasteiger charge is -2.24. The molecule has 1 amide bonds. The molecule has 0 fully saturated rings. The Kier molecular flexibility index (Phi) is 5.88. The number of amides is 1. The van der Waals surface area contributed by atoms with Gasteiger partial charge in [-0.25, -0.2) is 18.4 Å². The normalized spacial score (nSPS) is 18.5. The molecular formula is C22H24FN7O3S. The maximum atomic E-state index is 14.5. The van der Waals surface area contributed by atoms with Crippen molar-refractivity contribution in [1.82, 2.24) is 25.1 Å². The number of fused-ring (bicyclic) bond motifs is 2. The molecule has 2 unspecified atom stereocenters. The van der Waals surface area contributed by atoms with Gasteiger partial charge in [0.25, 0.3) is 5.91 Å². The van der Waals surface area contributed by atoms with Crippen LogP contribution in [0, 0.1) is 5.82 Å². The van der Waals surface area contributed by atoms with Crippen LogP contribution in [0.1, 0.15) is 23.2 Å². The number of carbonyl (C=O) groups is 1. The summed E-state index contributed by atoms with van der Waals surface area (Å²) in [5.41, 5.74) is 3.21. The number of hydrogen-bond donors (Lipinski definition) is 2. The average Bonchev–Trinajstić information content (AvgIpc) is 3.46. The summed E-state index contributed by atoms with van der Waals surface area (Å²) in [5, 5.41) is 13.3. The van der Waals surface area contributed by atoms with Crippen molar-refractivity contribution in [2.24, 2.45) is 9.50 Å². The van der Waals surface area contributed by atoms with E-state index < -0.39 is 21.6 Å². The van der Waals surface area contributed by atoms with E-state index in [1.807, 2.05) is 7.05 Å². The topological polar surface area (TPSA) is 137 Å². The number of nitrogens with two attached hydrogens (primary N) is 1. The second-order valence-corrected chi connectivity index (χ2v) is 10.1. The van der Waals surface area contributed by atoms with E-state index in [0.717, 1.165) is 36.7 Å². The smallest absolute Gasteiger partial charge is 0.259 e. The molecule has 0 spiro atoms. The number of hydrogen-bond acceptors (Lipinski definition) is 7. The van der Waals surface area contributed by atoms with Crippen molar-refractivity contribution < 1.29 is 18.1 Å². The van der Waals surface area contributed by atoms with Gasteiger partial charge in [-0.05, 0) is 43.5 Å². The highest BCUT2D eigenvalue weighted by Gasteiger charge is 2.28. The number of rotatable bonds is 5. The minimum absolute atomic E-state index is 0.0495. The Morgan fingerprint density at radius 3 is 3.00 bits per heavy atom. The van der Waals surface area contributed by atoms with Crippen molar-refractivity contribution in [1.29, 1.82) is 0 Å². The summed E-state index contributed by atoms with van der Waals surface area (Å²) in [7, 11) is -1.79. The number of pyridine rings is 2. The van der Waals surface area contributed by atoms with Crippen LogP contribution in [0.4, 0.5) is 4.39 Å². The molecule has 1 aliphatic heterocycles. The SMILES string of the molecule is CNC1COc2c(S(N)(=O)=NC(=O)Cc3c(-c4ccncc4F)cnc4c3CCC4)cnn2C1. The zero-order valence-corrected chi connectivity index (χ0v) is 19.3. The molecule has 0 aromatic carbocycles. The standard InChI is InChI=1S/C22H24FN7O3S/c1-25-13-11-30-22(33-12-13)20(10-28-30)34(24,32)29-21(31)7-16-15-3-2-4-19(15)27-8-17(16)14-5-6-26-9-18(14)23/h5-6,8-10,13,25H,2-4,7,11-12H2,1H3,(H2,24,29,31,32). The lowest BCUT2D eigenvalue weighted by Crippen LogP contribution is -2.40. The fourth-order valence-electron chi connectivity index (χ4n) is 4.44. The van der Waals surface area contributed by atoms with Crippen LogP contribution in [0.3, 0.4) is 0 Å². The lowest BCUT2D eigenvalue weighted by molar-refractivity contribution is -0.117. The van der Waals surface area contributed by atoms with Crippen molar-refractivity contribution in [2.75, 3.05) is 13.7 Å². The molecule has 4 heterocycles. The zero-order chi connectivity index (χ0) is 23.9. The number of halogens is 1. The van der Waals surface area contributed by atoms with Gasteiger partial charge in [0.2, 0.25) is 5.88 Å². The molecule has 0 radical (unpaired) electrons. The van der Waals surface area contributed by atoms with Gasteiger partial charge < -0.3 is 10.1 Å². The molecule has 0 saturated carbocycles. The number of aromatic nitrogens is 4. The van der Waals surface area contributed by atoms with Gasteiger partial charge in [0.15, 0.2) is 0 Å². The molecule has 0 saturated heterocycles. The second kappa shape index (κ2) is 8.85. The Hall–Kier alpha value is -3.22. The first kappa shape index (κ1) is 22.6. The Bertz CT molecular complexity index is 1400. The van der Waals surface area contributed by atoms with Crippen LogP contribution < -0.4 is 15.2 Å².